The second-order valence-electron chi connectivity index (χ2n) is 12.9. The van der Waals surface area contributed by atoms with Crippen LogP contribution in [0.5, 0.6) is 0 Å². The van der Waals surface area contributed by atoms with Gasteiger partial charge in [0.1, 0.15) is 0 Å². The molecule has 2 aliphatic heterocycles. The van der Waals surface area contributed by atoms with E-state index < -0.39 is 11.9 Å². The van der Waals surface area contributed by atoms with Gasteiger partial charge in [-0.2, -0.15) is 0 Å². The highest BCUT2D eigenvalue weighted by atomic mass is 127. The van der Waals surface area contributed by atoms with Crippen molar-refractivity contribution < 1.29 is 24.6 Å². The minimum Gasteiger partial charge on any atom is -0.481 e. The Morgan fingerprint density at radius 1 is 0.736 bits per heavy atom. The van der Waals surface area contributed by atoms with E-state index in [2.05, 4.69) is 41.5 Å². The number of carbonyl (C=O) groups is 3. The number of rotatable bonds is 14. The van der Waals surface area contributed by atoms with Gasteiger partial charge in [-0.1, -0.05) is 39.2 Å². The number of nitrogens with zero attached hydrogens (tertiary/aromatic N) is 3. The van der Waals surface area contributed by atoms with Crippen molar-refractivity contribution in [2.45, 2.75) is 80.1 Å². The number of hydrogen-bond acceptors (Lipinski definition) is 6. The smallest absolute Gasteiger partial charge is 0.303 e. The predicted molar refractivity (Wildman–Crippen MR) is 226 cm³/mol. The average Bonchev–Trinajstić information content (AvgIpc) is 3.77. The van der Waals surface area contributed by atoms with Crippen LogP contribution in [0.25, 0.3) is 56.5 Å². The molecule has 8 bridgehead atoms. The molecule has 0 radical (unpaired) electrons. The van der Waals surface area contributed by atoms with Gasteiger partial charge in [0.2, 0.25) is 6.41 Å². The van der Waals surface area contributed by atoms with Gasteiger partial charge in [0.25, 0.3) is 0 Å². The number of aromatic nitrogens is 4. The molecule has 0 atom stereocenters. The summed E-state index contributed by atoms with van der Waals surface area (Å²) in [6.45, 7) is 21.9. The zero-order valence-corrected chi connectivity index (χ0v) is 33.8. The Labute approximate surface area is 328 Å². The highest BCUT2D eigenvalue weighted by Gasteiger charge is 2.22. The highest BCUT2D eigenvalue weighted by molar-refractivity contribution is 14.0. The largest absolute Gasteiger partial charge is 0.481 e. The number of hydrazine groups is 1. The summed E-state index contributed by atoms with van der Waals surface area (Å²) in [6.07, 6.45) is 7.08. The number of H-pyrrole nitrogens is 2. The van der Waals surface area contributed by atoms with Crippen LogP contribution in [0.2, 0.25) is 0 Å². The number of aromatic amines is 2. The number of aliphatic carboxylic acids is 2. The molecular weight excluding hydrogens is 783 g/mol. The number of fused-ring (bicyclic) bond motifs is 8. The number of halogens is 1. The monoisotopic (exact) mass is 834 g/mol. The van der Waals surface area contributed by atoms with Crippen molar-refractivity contribution in [1.29, 1.82) is 0 Å². The van der Waals surface area contributed by atoms with E-state index >= 15 is 0 Å². The lowest BCUT2D eigenvalue weighted by molar-refractivity contribution is -0.137. The first-order valence-corrected chi connectivity index (χ1v) is 17.7. The molecule has 5 rings (SSSR count). The summed E-state index contributed by atoms with van der Waals surface area (Å²) >= 11 is 0. The Morgan fingerprint density at radius 2 is 1.19 bits per heavy atom. The third-order valence-electron chi connectivity index (χ3n) is 9.38. The van der Waals surface area contributed by atoms with Crippen LogP contribution in [0, 0.1) is 13.8 Å². The van der Waals surface area contributed by atoms with E-state index in [9.17, 15) is 24.6 Å². The van der Waals surface area contributed by atoms with E-state index in [1.54, 1.807) is 5.01 Å². The van der Waals surface area contributed by atoms with Crippen LogP contribution < -0.4 is 5.43 Å². The van der Waals surface area contributed by atoms with Crippen LogP contribution >= 0.6 is 24.0 Å². The standard InChI is InChI=1S/C34H34N4O4.C7H16N2O.HI/c1-7-21-17(3)25-13-26-19(5)23(9-11-33(39)40)31(37-26)16-32-24(10-12-34(41)42)20(6)28(38-32)15-30-22(8-2)18(4)27(36-30)14-29(21)35-25;1-3-5-8-9(7-10)6-4-2;/h7-8,13-16,35-36H,1-2,9-12H2,3-6H3,(H,39,40)(H,41,42);7-8H,3-6H2,1-2H3;1H. The minimum atomic E-state index is -0.889. The molecule has 1 amide bonds. The normalized spacial score (nSPS) is 12.1. The molecule has 3 aromatic heterocycles. The van der Waals surface area contributed by atoms with Gasteiger partial charge < -0.3 is 20.2 Å². The molecule has 0 saturated carbocycles. The van der Waals surface area contributed by atoms with Crippen molar-refractivity contribution in [1.82, 2.24) is 30.4 Å². The Kier molecular flexibility index (Phi) is 15.5. The van der Waals surface area contributed by atoms with Gasteiger partial charge in [-0.15, -0.1) is 24.0 Å². The third-order valence-corrected chi connectivity index (χ3v) is 9.38. The van der Waals surface area contributed by atoms with Crippen LogP contribution in [0.1, 0.15) is 111 Å². The molecular formula is C41H51IN6O5. The van der Waals surface area contributed by atoms with E-state index in [1.807, 2.05) is 65.0 Å². The molecule has 0 unspecified atom stereocenters. The Bertz CT molecular complexity index is 2120. The summed E-state index contributed by atoms with van der Waals surface area (Å²) < 4.78 is 0. The first-order chi connectivity index (χ1) is 24.9. The fraction of sp³-hybridized carbons (Fsp3) is 0.341. The van der Waals surface area contributed by atoms with Crippen molar-refractivity contribution in [2.24, 2.45) is 0 Å². The molecule has 0 aromatic carbocycles. The molecule has 282 valence electrons. The molecule has 12 heteroatoms. The summed E-state index contributed by atoms with van der Waals surface area (Å²) in [4.78, 5) is 50.3. The molecule has 0 saturated heterocycles. The maximum Gasteiger partial charge on any atom is 0.303 e. The number of hydrogen-bond donors (Lipinski definition) is 5. The van der Waals surface area contributed by atoms with Gasteiger partial charge in [0, 0.05) is 59.1 Å². The van der Waals surface area contributed by atoms with Crippen LogP contribution in [0.15, 0.2) is 37.4 Å². The summed E-state index contributed by atoms with van der Waals surface area (Å²) in [6, 6.07) is 7.88. The lowest BCUT2D eigenvalue weighted by Gasteiger charge is -2.16. The first kappa shape index (κ1) is 42.6. The van der Waals surface area contributed by atoms with Gasteiger partial charge >= 0.3 is 11.9 Å². The van der Waals surface area contributed by atoms with E-state index in [0.29, 0.717) is 24.2 Å². The van der Waals surface area contributed by atoms with E-state index in [4.69, 9.17) is 9.97 Å². The van der Waals surface area contributed by atoms with Crippen LogP contribution in [-0.2, 0) is 14.4 Å². The van der Waals surface area contributed by atoms with Crippen molar-refractivity contribution >= 4 is 98.8 Å². The second-order valence-corrected chi connectivity index (χ2v) is 12.9. The molecule has 0 spiro atoms. The molecule has 11 nitrogen and oxygen atoms in total. The average molecular weight is 835 g/mol. The van der Waals surface area contributed by atoms with Gasteiger partial charge in [-0.3, -0.25) is 19.4 Å². The number of carboxylic acid groups (broad SMARTS) is 2. The molecule has 2 aliphatic rings. The van der Waals surface area contributed by atoms with Gasteiger partial charge in [0.05, 0.1) is 22.8 Å². The zero-order chi connectivity index (χ0) is 38.1. The van der Waals surface area contributed by atoms with Gasteiger partial charge in [-0.05, 0) is 111 Å². The first-order valence-electron chi connectivity index (χ1n) is 17.7. The molecule has 53 heavy (non-hydrogen) atoms. The number of amides is 1. The van der Waals surface area contributed by atoms with Crippen LogP contribution in [-0.4, -0.2) is 66.6 Å². The maximum atomic E-state index is 11.5. The maximum absolute atomic E-state index is 11.5. The predicted octanol–water partition coefficient (Wildman–Crippen LogP) is 9.20. The number of carbonyl (C=O) groups excluding carboxylic acids is 1. The van der Waals surface area contributed by atoms with Crippen molar-refractivity contribution in [3.8, 4) is 0 Å². The van der Waals surface area contributed by atoms with E-state index in [1.165, 1.54) is 0 Å². The number of allylic oxidation sites excluding steroid dienone is 4. The lowest BCUT2D eigenvalue weighted by Crippen LogP contribution is -2.37. The van der Waals surface area contributed by atoms with E-state index in [0.717, 1.165) is 110 Å². The number of nitrogens with one attached hydrogen (secondary N) is 3. The number of carboxylic acids is 2. The van der Waals surface area contributed by atoms with Crippen molar-refractivity contribution in [3.05, 3.63) is 82.5 Å². The fourth-order valence-electron chi connectivity index (χ4n) is 6.43. The number of aryl methyl sites for hydroxylation is 2. The summed E-state index contributed by atoms with van der Waals surface area (Å²) in [5.41, 5.74) is 16.7. The molecule has 3 aromatic rings. The van der Waals surface area contributed by atoms with E-state index in [-0.39, 0.29) is 36.8 Å². The second kappa shape index (κ2) is 19.3. The minimum absolute atomic E-state index is 0. The SMILES string of the molecule is C=Cc1c(C)c2cc3[nH]c(cc4nc(cc5nc(cc1[nH]2)C(C)=C5CCC(=O)O)C(CCC(=O)O)=C4C)c(C)c3C=C.CCCNN(C=O)CCC.I. The fourth-order valence-corrected chi connectivity index (χ4v) is 6.43. The molecule has 0 aliphatic carbocycles. The van der Waals surface area contributed by atoms with Crippen molar-refractivity contribution in [3.63, 3.8) is 0 Å². The zero-order valence-electron chi connectivity index (χ0n) is 31.5. The van der Waals surface area contributed by atoms with Crippen LogP contribution in [0.3, 0.4) is 0 Å². The Morgan fingerprint density at radius 3 is 1.60 bits per heavy atom. The summed E-state index contributed by atoms with van der Waals surface area (Å²) in [5, 5.41) is 20.5. The third kappa shape index (κ3) is 9.99. The Hall–Kier alpha value is -4.82. The topological polar surface area (TPSA) is 164 Å². The molecule has 5 N–H and O–H groups in total. The molecule has 0 fully saturated rings. The Balaban J connectivity index is 0.000000604. The molecule has 5 heterocycles. The lowest BCUT2D eigenvalue weighted by atomic mass is 9.98. The summed E-state index contributed by atoms with van der Waals surface area (Å²) in [5.74, 6) is -1.78. The van der Waals surface area contributed by atoms with Crippen LogP contribution in [0.4, 0.5) is 0 Å². The summed E-state index contributed by atoms with van der Waals surface area (Å²) in [7, 11) is 0. The van der Waals surface area contributed by atoms with Gasteiger partial charge in [-0.25, -0.2) is 15.4 Å². The van der Waals surface area contributed by atoms with Crippen molar-refractivity contribution in [2.75, 3.05) is 13.1 Å². The quantitative estimate of drug-likeness (QED) is 0.0610. The highest BCUT2D eigenvalue weighted by Crippen LogP contribution is 2.38. The van der Waals surface area contributed by atoms with Gasteiger partial charge in [0.15, 0.2) is 0 Å².